The minimum atomic E-state index is -4.36. The second-order valence-corrected chi connectivity index (χ2v) is 6.37. The summed E-state index contributed by atoms with van der Waals surface area (Å²) in [6.45, 7) is 2.90. The third-order valence-electron chi connectivity index (χ3n) is 4.47. The van der Waals surface area contributed by atoms with Gasteiger partial charge in [-0.15, -0.1) is 0 Å². The van der Waals surface area contributed by atoms with Gasteiger partial charge in [0.25, 0.3) is 0 Å². The second-order valence-electron chi connectivity index (χ2n) is 6.37. The van der Waals surface area contributed by atoms with E-state index in [0.29, 0.717) is 25.1 Å². The SMILES string of the molecule is Cc1nn(C)cc1CN1CC(O)CC1c1cccc(C(F)(F)F)c1. The van der Waals surface area contributed by atoms with Gasteiger partial charge in [-0.3, -0.25) is 9.58 Å². The first-order valence-corrected chi connectivity index (χ1v) is 7.82. The number of halogens is 3. The molecular formula is C17H20F3N3O. The van der Waals surface area contributed by atoms with Gasteiger partial charge in [-0.25, -0.2) is 0 Å². The number of aryl methyl sites for hydroxylation is 2. The van der Waals surface area contributed by atoms with Gasteiger partial charge in [-0.1, -0.05) is 12.1 Å². The molecular weight excluding hydrogens is 319 g/mol. The van der Waals surface area contributed by atoms with Crippen molar-refractivity contribution in [3.63, 3.8) is 0 Å². The Morgan fingerprint density at radius 2 is 2.08 bits per heavy atom. The zero-order chi connectivity index (χ0) is 17.5. The summed E-state index contributed by atoms with van der Waals surface area (Å²) in [5, 5.41) is 14.3. The highest BCUT2D eigenvalue weighted by atomic mass is 19.4. The van der Waals surface area contributed by atoms with E-state index in [1.54, 1.807) is 10.7 Å². The third kappa shape index (κ3) is 3.47. The molecule has 24 heavy (non-hydrogen) atoms. The van der Waals surface area contributed by atoms with Crippen LogP contribution in [0.3, 0.4) is 0 Å². The Kier molecular flexibility index (Phi) is 4.40. The highest BCUT2D eigenvalue weighted by Crippen LogP contribution is 2.37. The van der Waals surface area contributed by atoms with Crippen molar-refractivity contribution in [2.45, 2.75) is 38.2 Å². The van der Waals surface area contributed by atoms with Crippen molar-refractivity contribution in [2.75, 3.05) is 6.54 Å². The van der Waals surface area contributed by atoms with E-state index in [1.165, 1.54) is 12.1 Å². The van der Waals surface area contributed by atoms with E-state index in [0.717, 1.165) is 17.3 Å². The molecule has 7 heteroatoms. The molecule has 1 fully saturated rings. The first-order valence-electron chi connectivity index (χ1n) is 7.82. The summed E-state index contributed by atoms with van der Waals surface area (Å²) < 4.78 is 40.6. The summed E-state index contributed by atoms with van der Waals surface area (Å²) in [6, 6.07) is 5.15. The number of nitrogens with zero attached hydrogens (tertiary/aromatic N) is 3. The van der Waals surface area contributed by atoms with Gasteiger partial charge in [0.15, 0.2) is 0 Å². The monoisotopic (exact) mass is 339 g/mol. The van der Waals surface area contributed by atoms with Gasteiger partial charge in [0.2, 0.25) is 0 Å². The van der Waals surface area contributed by atoms with Crippen LogP contribution in [0, 0.1) is 6.92 Å². The number of alkyl halides is 3. The summed E-state index contributed by atoms with van der Waals surface area (Å²) in [5.74, 6) is 0. The smallest absolute Gasteiger partial charge is 0.392 e. The van der Waals surface area contributed by atoms with E-state index >= 15 is 0 Å². The molecule has 2 aromatic rings. The Morgan fingerprint density at radius 3 is 2.71 bits per heavy atom. The van der Waals surface area contributed by atoms with Crippen molar-refractivity contribution in [1.29, 1.82) is 0 Å². The molecule has 1 aromatic carbocycles. The molecule has 2 unspecified atom stereocenters. The summed E-state index contributed by atoms with van der Waals surface area (Å²) in [4.78, 5) is 2.02. The standard InChI is InChI=1S/C17H20F3N3O/c1-11-13(8-22(2)21-11)9-23-10-15(24)7-16(23)12-4-3-5-14(6-12)17(18,19)20/h3-6,8,15-16,24H,7,9-10H2,1-2H3. The molecule has 0 saturated carbocycles. The molecule has 1 aliphatic heterocycles. The van der Waals surface area contributed by atoms with Crippen LogP contribution in [0.15, 0.2) is 30.5 Å². The lowest BCUT2D eigenvalue weighted by molar-refractivity contribution is -0.137. The number of aliphatic hydroxyl groups is 1. The van der Waals surface area contributed by atoms with Crippen LogP contribution in [-0.2, 0) is 19.8 Å². The van der Waals surface area contributed by atoms with Crippen LogP contribution >= 0.6 is 0 Å². The molecule has 1 saturated heterocycles. The molecule has 130 valence electrons. The second kappa shape index (κ2) is 6.22. The highest BCUT2D eigenvalue weighted by Gasteiger charge is 2.35. The largest absolute Gasteiger partial charge is 0.416 e. The summed E-state index contributed by atoms with van der Waals surface area (Å²) in [5.41, 5.74) is 1.84. The van der Waals surface area contributed by atoms with Gasteiger partial charge >= 0.3 is 6.18 Å². The van der Waals surface area contributed by atoms with Crippen molar-refractivity contribution in [2.24, 2.45) is 7.05 Å². The van der Waals surface area contributed by atoms with Gasteiger partial charge in [0.05, 0.1) is 17.4 Å². The Labute approximate surface area is 138 Å². The van der Waals surface area contributed by atoms with Crippen LogP contribution in [-0.4, -0.2) is 32.4 Å². The topological polar surface area (TPSA) is 41.3 Å². The molecule has 0 bridgehead atoms. The van der Waals surface area contributed by atoms with E-state index < -0.39 is 17.8 Å². The van der Waals surface area contributed by atoms with Crippen molar-refractivity contribution in [1.82, 2.24) is 14.7 Å². The molecule has 0 radical (unpaired) electrons. The van der Waals surface area contributed by atoms with Crippen LogP contribution in [0.1, 0.15) is 34.8 Å². The molecule has 1 aliphatic rings. The fraction of sp³-hybridized carbons (Fsp3) is 0.471. The molecule has 0 aliphatic carbocycles. The number of hydrogen-bond acceptors (Lipinski definition) is 3. The minimum Gasteiger partial charge on any atom is -0.392 e. The number of hydrogen-bond donors (Lipinski definition) is 1. The molecule has 2 atom stereocenters. The number of aliphatic hydroxyl groups excluding tert-OH is 1. The predicted octanol–water partition coefficient (Wildman–Crippen LogP) is 3.06. The van der Waals surface area contributed by atoms with Gasteiger partial charge in [0.1, 0.15) is 0 Å². The van der Waals surface area contributed by atoms with Crippen molar-refractivity contribution >= 4 is 0 Å². The lowest BCUT2D eigenvalue weighted by atomic mass is 10.0. The van der Waals surface area contributed by atoms with Crippen LogP contribution in [0.25, 0.3) is 0 Å². The van der Waals surface area contributed by atoms with Crippen molar-refractivity contribution in [3.05, 3.63) is 52.8 Å². The average Bonchev–Trinajstić information content (AvgIpc) is 3.01. The Bertz CT molecular complexity index is 726. The van der Waals surface area contributed by atoms with E-state index in [1.807, 2.05) is 25.1 Å². The van der Waals surface area contributed by atoms with E-state index in [9.17, 15) is 18.3 Å². The zero-order valence-corrected chi connectivity index (χ0v) is 13.6. The van der Waals surface area contributed by atoms with Crippen LogP contribution in [0.4, 0.5) is 13.2 Å². The molecule has 2 heterocycles. The average molecular weight is 339 g/mol. The van der Waals surface area contributed by atoms with Crippen LogP contribution < -0.4 is 0 Å². The summed E-state index contributed by atoms with van der Waals surface area (Å²) >= 11 is 0. The van der Waals surface area contributed by atoms with Gasteiger partial charge in [-0.05, 0) is 31.0 Å². The molecule has 4 nitrogen and oxygen atoms in total. The molecule has 3 rings (SSSR count). The first kappa shape index (κ1) is 17.0. The maximum atomic E-state index is 13.0. The normalized spacial score (nSPS) is 22.2. The van der Waals surface area contributed by atoms with Crippen molar-refractivity contribution in [3.8, 4) is 0 Å². The molecule has 0 spiro atoms. The number of aromatic nitrogens is 2. The molecule has 1 aromatic heterocycles. The summed E-state index contributed by atoms with van der Waals surface area (Å²) in [7, 11) is 1.83. The quantitative estimate of drug-likeness (QED) is 0.934. The van der Waals surface area contributed by atoms with E-state index in [2.05, 4.69) is 5.10 Å². The van der Waals surface area contributed by atoms with Gasteiger partial charge in [0, 0.05) is 37.9 Å². The van der Waals surface area contributed by atoms with Gasteiger partial charge in [-0.2, -0.15) is 18.3 Å². The van der Waals surface area contributed by atoms with Crippen molar-refractivity contribution < 1.29 is 18.3 Å². The number of benzene rings is 1. The first-order chi connectivity index (χ1) is 11.2. The zero-order valence-electron chi connectivity index (χ0n) is 13.6. The Morgan fingerprint density at radius 1 is 1.33 bits per heavy atom. The maximum Gasteiger partial charge on any atom is 0.416 e. The number of likely N-dealkylation sites (tertiary alicyclic amines) is 1. The van der Waals surface area contributed by atoms with E-state index in [4.69, 9.17) is 0 Å². The minimum absolute atomic E-state index is 0.234. The Balaban J connectivity index is 1.87. The lowest BCUT2D eigenvalue weighted by Crippen LogP contribution is -2.24. The number of β-amino-alcohol motifs (C(OH)–C–C–N with tert-alkyl or cyclic N) is 1. The Hall–Kier alpha value is -1.86. The highest BCUT2D eigenvalue weighted by molar-refractivity contribution is 5.29. The summed E-state index contributed by atoms with van der Waals surface area (Å²) in [6.07, 6.45) is -2.57. The molecule has 0 amide bonds. The predicted molar refractivity (Wildman–Crippen MR) is 83.2 cm³/mol. The fourth-order valence-corrected chi connectivity index (χ4v) is 3.35. The fourth-order valence-electron chi connectivity index (χ4n) is 3.35. The van der Waals surface area contributed by atoms with E-state index in [-0.39, 0.29) is 6.04 Å². The van der Waals surface area contributed by atoms with Crippen LogP contribution in [0.2, 0.25) is 0 Å². The van der Waals surface area contributed by atoms with Crippen LogP contribution in [0.5, 0.6) is 0 Å². The number of rotatable bonds is 3. The van der Waals surface area contributed by atoms with Gasteiger partial charge < -0.3 is 5.11 Å². The third-order valence-corrected chi connectivity index (χ3v) is 4.47. The lowest BCUT2D eigenvalue weighted by Gasteiger charge is -2.25. The molecule has 1 N–H and O–H groups in total. The maximum absolute atomic E-state index is 13.0.